The highest BCUT2D eigenvalue weighted by Gasteiger charge is 2.13. The third kappa shape index (κ3) is 4.99. The molecule has 6 nitrogen and oxygen atoms in total. The van der Waals surface area contributed by atoms with Crippen LogP contribution < -0.4 is 11.1 Å². The van der Waals surface area contributed by atoms with Gasteiger partial charge in [-0.05, 0) is 37.1 Å². The van der Waals surface area contributed by atoms with Crippen molar-refractivity contribution in [2.24, 2.45) is 5.73 Å². The van der Waals surface area contributed by atoms with Crippen LogP contribution in [0.15, 0.2) is 24.3 Å². The first-order valence-corrected chi connectivity index (χ1v) is 6.32. The lowest BCUT2D eigenvalue weighted by Crippen LogP contribution is -2.35. The molecular formula is C14H20N2O4. The molecule has 20 heavy (non-hydrogen) atoms. The van der Waals surface area contributed by atoms with E-state index >= 15 is 0 Å². The summed E-state index contributed by atoms with van der Waals surface area (Å²) in [5.74, 6) is -0.675. The van der Waals surface area contributed by atoms with Crippen LogP contribution in [-0.4, -0.2) is 38.7 Å². The fourth-order valence-electron chi connectivity index (χ4n) is 1.62. The van der Waals surface area contributed by atoms with Crippen molar-refractivity contribution >= 4 is 17.6 Å². The molecule has 1 amide bonds. The SMILES string of the molecule is COCCCC(N)C(=O)Nc1ccc(C(=O)OC)cc1. The number of amides is 1. The minimum atomic E-state index is -0.578. The van der Waals surface area contributed by atoms with Gasteiger partial charge in [0.25, 0.3) is 0 Å². The van der Waals surface area contributed by atoms with E-state index in [9.17, 15) is 9.59 Å². The summed E-state index contributed by atoms with van der Waals surface area (Å²) in [5.41, 5.74) is 6.78. The molecule has 1 aromatic carbocycles. The smallest absolute Gasteiger partial charge is 0.337 e. The number of nitrogens with two attached hydrogens (primary N) is 1. The fraction of sp³-hybridized carbons (Fsp3) is 0.429. The maximum absolute atomic E-state index is 11.8. The van der Waals surface area contributed by atoms with Crippen molar-refractivity contribution in [3.63, 3.8) is 0 Å². The minimum Gasteiger partial charge on any atom is -0.465 e. The van der Waals surface area contributed by atoms with Crippen LogP contribution in [-0.2, 0) is 14.3 Å². The second kappa shape index (κ2) is 8.29. The Morgan fingerprint density at radius 2 is 1.90 bits per heavy atom. The van der Waals surface area contributed by atoms with Crippen molar-refractivity contribution in [1.82, 2.24) is 0 Å². The number of carbonyl (C=O) groups excluding carboxylic acids is 2. The molecule has 0 heterocycles. The number of methoxy groups -OCH3 is 2. The molecule has 0 radical (unpaired) electrons. The Morgan fingerprint density at radius 3 is 2.45 bits per heavy atom. The van der Waals surface area contributed by atoms with Crippen molar-refractivity contribution in [1.29, 1.82) is 0 Å². The lowest BCUT2D eigenvalue weighted by atomic mass is 10.1. The second-order valence-corrected chi connectivity index (χ2v) is 4.30. The highest BCUT2D eigenvalue weighted by Crippen LogP contribution is 2.11. The summed E-state index contributed by atoms with van der Waals surface area (Å²) < 4.78 is 9.50. The first-order chi connectivity index (χ1) is 9.58. The number of carbonyl (C=O) groups is 2. The van der Waals surface area contributed by atoms with Gasteiger partial charge in [-0.15, -0.1) is 0 Å². The lowest BCUT2D eigenvalue weighted by Gasteiger charge is -2.12. The van der Waals surface area contributed by atoms with Gasteiger partial charge in [-0.3, -0.25) is 4.79 Å². The predicted octanol–water partition coefficient (Wildman–Crippen LogP) is 1.17. The van der Waals surface area contributed by atoms with Crippen LogP contribution in [0.4, 0.5) is 5.69 Å². The quantitative estimate of drug-likeness (QED) is 0.578. The summed E-state index contributed by atoms with van der Waals surface area (Å²) in [6.45, 7) is 0.578. The molecule has 0 aliphatic heterocycles. The Labute approximate surface area is 118 Å². The van der Waals surface area contributed by atoms with Gasteiger partial charge < -0.3 is 20.5 Å². The van der Waals surface area contributed by atoms with Crippen LogP contribution in [0.3, 0.4) is 0 Å². The summed E-state index contributed by atoms with van der Waals surface area (Å²) in [6.07, 6.45) is 1.28. The number of hydrogen-bond acceptors (Lipinski definition) is 5. The van der Waals surface area contributed by atoms with Crippen molar-refractivity contribution in [2.75, 3.05) is 26.1 Å². The van der Waals surface area contributed by atoms with Crippen molar-refractivity contribution in [3.8, 4) is 0 Å². The van der Waals surface area contributed by atoms with E-state index < -0.39 is 12.0 Å². The molecule has 0 saturated carbocycles. The maximum atomic E-state index is 11.8. The van der Waals surface area contributed by atoms with Crippen molar-refractivity contribution < 1.29 is 19.1 Å². The van der Waals surface area contributed by atoms with Gasteiger partial charge in [-0.2, -0.15) is 0 Å². The summed E-state index contributed by atoms with van der Waals surface area (Å²) in [5, 5.41) is 2.70. The Kier molecular flexibility index (Phi) is 6.69. The third-order valence-corrected chi connectivity index (χ3v) is 2.77. The van der Waals surface area contributed by atoms with Crippen molar-refractivity contribution in [3.05, 3.63) is 29.8 Å². The van der Waals surface area contributed by atoms with Gasteiger partial charge in [0, 0.05) is 19.4 Å². The molecule has 1 unspecified atom stereocenters. The Balaban J connectivity index is 2.51. The van der Waals surface area contributed by atoms with E-state index in [0.29, 0.717) is 24.3 Å². The van der Waals surface area contributed by atoms with Crippen LogP contribution in [0.25, 0.3) is 0 Å². The zero-order chi connectivity index (χ0) is 15.0. The normalized spacial score (nSPS) is 11.8. The Hall–Kier alpha value is -1.92. The average molecular weight is 280 g/mol. The number of ether oxygens (including phenoxy) is 2. The number of rotatable bonds is 7. The molecule has 0 saturated heterocycles. The topological polar surface area (TPSA) is 90.6 Å². The maximum Gasteiger partial charge on any atom is 0.337 e. The largest absolute Gasteiger partial charge is 0.465 e. The zero-order valence-electron chi connectivity index (χ0n) is 11.7. The van der Waals surface area contributed by atoms with E-state index in [1.165, 1.54) is 7.11 Å². The highest BCUT2D eigenvalue weighted by molar-refractivity contribution is 5.95. The molecule has 0 aliphatic rings. The predicted molar refractivity (Wildman–Crippen MR) is 75.5 cm³/mol. The molecule has 0 bridgehead atoms. The number of nitrogens with one attached hydrogen (secondary N) is 1. The van der Waals surface area contributed by atoms with Gasteiger partial charge in [0.15, 0.2) is 0 Å². The summed E-state index contributed by atoms with van der Waals surface area (Å²) in [4.78, 5) is 23.1. The molecule has 1 rings (SSSR count). The van der Waals surface area contributed by atoms with Crippen LogP contribution in [0.2, 0.25) is 0 Å². The molecule has 0 spiro atoms. The first kappa shape index (κ1) is 16.1. The van der Waals surface area contributed by atoms with Gasteiger partial charge in [0.1, 0.15) is 0 Å². The molecular weight excluding hydrogens is 260 g/mol. The van der Waals surface area contributed by atoms with E-state index in [2.05, 4.69) is 10.1 Å². The summed E-state index contributed by atoms with van der Waals surface area (Å²) in [7, 11) is 2.92. The standard InChI is InChI=1S/C14H20N2O4/c1-19-9-3-4-12(15)13(17)16-11-7-5-10(6-8-11)14(18)20-2/h5-8,12H,3-4,9,15H2,1-2H3,(H,16,17). The summed E-state index contributed by atoms with van der Waals surface area (Å²) >= 11 is 0. The molecule has 1 aromatic rings. The monoisotopic (exact) mass is 280 g/mol. The van der Waals surface area contributed by atoms with E-state index in [1.807, 2.05) is 0 Å². The van der Waals surface area contributed by atoms with Gasteiger partial charge >= 0.3 is 5.97 Å². The Bertz CT molecular complexity index is 445. The van der Waals surface area contributed by atoms with Gasteiger partial charge in [-0.1, -0.05) is 0 Å². The molecule has 3 N–H and O–H groups in total. The molecule has 0 aliphatic carbocycles. The van der Waals surface area contributed by atoms with E-state index in [1.54, 1.807) is 31.4 Å². The molecule has 0 fully saturated rings. The fourth-order valence-corrected chi connectivity index (χ4v) is 1.62. The average Bonchev–Trinajstić information content (AvgIpc) is 2.47. The van der Waals surface area contributed by atoms with E-state index in [-0.39, 0.29) is 5.91 Å². The number of hydrogen-bond donors (Lipinski definition) is 2. The van der Waals surface area contributed by atoms with E-state index in [0.717, 1.165) is 6.42 Å². The molecule has 6 heteroatoms. The van der Waals surface area contributed by atoms with Gasteiger partial charge in [0.2, 0.25) is 5.91 Å². The third-order valence-electron chi connectivity index (χ3n) is 2.77. The molecule has 0 aromatic heterocycles. The molecule has 1 atom stereocenters. The second-order valence-electron chi connectivity index (χ2n) is 4.30. The number of benzene rings is 1. The van der Waals surface area contributed by atoms with Crippen LogP contribution in [0.5, 0.6) is 0 Å². The first-order valence-electron chi connectivity index (χ1n) is 6.32. The van der Waals surface area contributed by atoms with Gasteiger partial charge in [-0.25, -0.2) is 4.79 Å². The zero-order valence-corrected chi connectivity index (χ0v) is 11.7. The number of anilines is 1. The van der Waals surface area contributed by atoms with Gasteiger partial charge in [0.05, 0.1) is 18.7 Å². The van der Waals surface area contributed by atoms with Crippen molar-refractivity contribution in [2.45, 2.75) is 18.9 Å². The van der Waals surface area contributed by atoms with Crippen LogP contribution in [0, 0.1) is 0 Å². The summed E-state index contributed by atoms with van der Waals surface area (Å²) in [6, 6.07) is 5.85. The van der Waals surface area contributed by atoms with Crippen LogP contribution >= 0.6 is 0 Å². The minimum absolute atomic E-state index is 0.257. The van der Waals surface area contributed by atoms with Crippen LogP contribution in [0.1, 0.15) is 23.2 Å². The number of esters is 1. The van der Waals surface area contributed by atoms with E-state index in [4.69, 9.17) is 10.5 Å². The Morgan fingerprint density at radius 1 is 1.25 bits per heavy atom. The molecule has 110 valence electrons. The lowest BCUT2D eigenvalue weighted by molar-refractivity contribution is -0.117. The highest BCUT2D eigenvalue weighted by atomic mass is 16.5.